The van der Waals surface area contributed by atoms with Crippen LogP contribution in [0.15, 0.2) is 41.1 Å². The number of pyridine rings is 1. The van der Waals surface area contributed by atoms with Gasteiger partial charge in [-0.2, -0.15) is 4.98 Å². The molecule has 1 saturated heterocycles. The summed E-state index contributed by atoms with van der Waals surface area (Å²) in [6.07, 6.45) is 1.70. The molecule has 1 fully saturated rings. The highest BCUT2D eigenvalue weighted by Gasteiger charge is 2.24. The summed E-state index contributed by atoms with van der Waals surface area (Å²) >= 11 is 0. The van der Waals surface area contributed by atoms with E-state index in [-0.39, 0.29) is 11.6 Å². The first kappa shape index (κ1) is 19.5. The molecule has 0 saturated carbocycles. The standard InChI is InChI=1S/C20H20N6O4/c1-13-3-4-15(11-17(13)26(28)29)20(27)25-9-7-24(8-10-25)18-6-5-16(12-21-18)19-22-14(2)30-23-19/h3-6,11-12H,7-10H2,1-2H3. The number of aryl methyl sites for hydroxylation is 2. The average molecular weight is 408 g/mol. The van der Waals surface area contributed by atoms with Gasteiger partial charge in [-0.15, -0.1) is 0 Å². The molecule has 0 radical (unpaired) electrons. The first-order valence-corrected chi connectivity index (χ1v) is 9.48. The lowest BCUT2D eigenvalue weighted by Crippen LogP contribution is -2.49. The van der Waals surface area contributed by atoms with Crippen molar-refractivity contribution >= 4 is 17.4 Å². The van der Waals surface area contributed by atoms with Gasteiger partial charge in [-0.3, -0.25) is 14.9 Å². The van der Waals surface area contributed by atoms with E-state index in [1.807, 2.05) is 12.1 Å². The molecule has 1 amide bonds. The topological polar surface area (TPSA) is 118 Å². The number of carbonyl (C=O) groups is 1. The van der Waals surface area contributed by atoms with Crippen LogP contribution in [0.5, 0.6) is 0 Å². The van der Waals surface area contributed by atoms with E-state index >= 15 is 0 Å². The first-order chi connectivity index (χ1) is 14.4. The lowest BCUT2D eigenvalue weighted by Gasteiger charge is -2.35. The molecule has 4 rings (SSSR count). The third kappa shape index (κ3) is 3.84. The molecule has 0 N–H and O–H groups in total. The minimum absolute atomic E-state index is 0.0411. The molecule has 0 bridgehead atoms. The molecular weight excluding hydrogens is 388 g/mol. The quantitative estimate of drug-likeness (QED) is 0.477. The molecular formula is C20H20N6O4. The molecule has 1 aliphatic rings. The number of nitro benzene ring substituents is 1. The molecule has 0 unspecified atom stereocenters. The molecule has 0 atom stereocenters. The predicted molar refractivity (Wildman–Crippen MR) is 108 cm³/mol. The lowest BCUT2D eigenvalue weighted by atomic mass is 10.1. The van der Waals surface area contributed by atoms with Crippen molar-refractivity contribution in [3.63, 3.8) is 0 Å². The highest BCUT2D eigenvalue weighted by atomic mass is 16.6. The largest absolute Gasteiger partial charge is 0.353 e. The van der Waals surface area contributed by atoms with E-state index in [1.165, 1.54) is 6.07 Å². The molecule has 0 spiro atoms. The Labute approximate surface area is 172 Å². The Morgan fingerprint density at radius 1 is 1.13 bits per heavy atom. The summed E-state index contributed by atoms with van der Waals surface area (Å²) in [5, 5.41) is 15.0. The van der Waals surface area contributed by atoms with E-state index in [2.05, 4.69) is 20.0 Å². The average Bonchev–Trinajstić information content (AvgIpc) is 3.20. The van der Waals surface area contributed by atoms with Crippen molar-refractivity contribution in [2.24, 2.45) is 0 Å². The molecule has 154 valence electrons. The number of nitro groups is 1. The molecule has 1 aromatic carbocycles. The lowest BCUT2D eigenvalue weighted by molar-refractivity contribution is -0.385. The summed E-state index contributed by atoms with van der Waals surface area (Å²) in [4.78, 5) is 35.9. The van der Waals surface area contributed by atoms with E-state index in [0.717, 1.165) is 11.4 Å². The van der Waals surface area contributed by atoms with Crippen LogP contribution in [-0.4, -0.2) is 57.0 Å². The van der Waals surface area contributed by atoms with E-state index in [0.29, 0.717) is 49.0 Å². The normalized spacial score (nSPS) is 14.1. The van der Waals surface area contributed by atoms with Gasteiger partial charge in [0.05, 0.1) is 4.92 Å². The van der Waals surface area contributed by atoms with Gasteiger partial charge < -0.3 is 14.3 Å². The van der Waals surface area contributed by atoms with Crippen LogP contribution in [0.3, 0.4) is 0 Å². The number of anilines is 1. The highest BCUT2D eigenvalue weighted by molar-refractivity contribution is 5.95. The number of nitrogens with zero attached hydrogens (tertiary/aromatic N) is 6. The Kier molecular flexibility index (Phi) is 5.13. The maximum absolute atomic E-state index is 12.8. The molecule has 1 aliphatic heterocycles. The van der Waals surface area contributed by atoms with Crippen molar-refractivity contribution < 1.29 is 14.2 Å². The minimum atomic E-state index is -0.463. The van der Waals surface area contributed by atoms with Gasteiger partial charge in [-0.1, -0.05) is 11.2 Å². The van der Waals surface area contributed by atoms with Crippen molar-refractivity contribution in [3.8, 4) is 11.4 Å². The Hall–Kier alpha value is -3.82. The number of carbonyl (C=O) groups excluding carboxylic acids is 1. The van der Waals surface area contributed by atoms with Crippen LogP contribution in [0.25, 0.3) is 11.4 Å². The van der Waals surface area contributed by atoms with Gasteiger partial charge >= 0.3 is 0 Å². The Morgan fingerprint density at radius 3 is 2.50 bits per heavy atom. The second kappa shape index (κ2) is 7.90. The van der Waals surface area contributed by atoms with E-state index < -0.39 is 4.92 Å². The molecule has 3 aromatic rings. The summed E-state index contributed by atoms with van der Waals surface area (Å²) in [7, 11) is 0. The van der Waals surface area contributed by atoms with Crippen molar-refractivity contribution in [2.45, 2.75) is 13.8 Å². The van der Waals surface area contributed by atoms with Crippen molar-refractivity contribution in [2.75, 3.05) is 31.1 Å². The van der Waals surface area contributed by atoms with Crippen LogP contribution >= 0.6 is 0 Å². The van der Waals surface area contributed by atoms with Crippen LogP contribution in [0.1, 0.15) is 21.8 Å². The van der Waals surface area contributed by atoms with E-state index in [1.54, 1.807) is 37.1 Å². The van der Waals surface area contributed by atoms with Crippen molar-refractivity contribution in [1.82, 2.24) is 20.0 Å². The van der Waals surface area contributed by atoms with Gasteiger partial charge in [0.25, 0.3) is 11.6 Å². The number of piperazine rings is 1. The number of benzene rings is 1. The van der Waals surface area contributed by atoms with Gasteiger partial charge in [0, 0.05) is 62.1 Å². The fourth-order valence-electron chi connectivity index (χ4n) is 3.38. The van der Waals surface area contributed by atoms with Crippen LogP contribution in [-0.2, 0) is 0 Å². The predicted octanol–water partition coefficient (Wildman–Crippen LogP) is 2.62. The Bertz CT molecular complexity index is 1090. The number of hydrogen-bond acceptors (Lipinski definition) is 8. The maximum Gasteiger partial charge on any atom is 0.273 e. The third-order valence-electron chi connectivity index (χ3n) is 5.08. The zero-order valence-corrected chi connectivity index (χ0v) is 16.6. The van der Waals surface area contributed by atoms with Crippen LogP contribution in [0, 0.1) is 24.0 Å². The number of hydrogen-bond donors (Lipinski definition) is 0. The second-order valence-corrected chi connectivity index (χ2v) is 7.08. The number of amides is 1. The fourth-order valence-corrected chi connectivity index (χ4v) is 3.38. The minimum Gasteiger partial charge on any atom is -0.353 e. The highest BCUT2D eigenvalue weighted by Crippen LogP contribution is 2.22. The summed E-state index contributed by atoms with van der Waals surface area (Å²) in [6.45, 7) is 5.64. The first-order valence-electron chi connectivity index (χ1n) is 9.48. The molecule has 2 aromatic heterocycles. The number of rotatable bonds is 4. The molecule has 0 aliphatic carbocycles. The van der Waals surface area contributed by atoms with Gasteiger partial charge in [0.2, 0.25) is 11.7 Å². The molecule has 10 nitrogen and oxygen atoms in total. The van der Waals surface area contributed by atoms with Gasteiger partial charge in [0.15, 0.2) is 0 Å². The van der Waals surface area contributed by atoms with Gasteiger partial charge in [-0.25, -0.2) is 4.98 Å². The van der Waals surface area contributed by atoms with E-state index in [4.69, 9.17) is 4.52 Å². The molecule has 3 heterocycles. The summed E-state index contributed by atoms with van der Waals surface area (Å²) < 4.78 is 4.99. The van der Waals surface area contributed by atoms with Crippen molar-refractivity contribution in [3.05, 3.63) is 63.7 Å². The SMILES string of the molecule is Cc1nc(-c2ccc(N3CCN(C(=O)c4ccc(C)c([N+](=O)[O-])c4)CC3)nc2)no1. The Morgan fingerprint density at radius 2 is 1.90 bits per heavy atom. The van der Waals surface area contributed by atoms with Gasteiger partial charge in [0.1, 0.15) is 5.82 Å². The summed E-state index contributed by atoms with van der Waals surface area (Å²) in [6, 6.07) is 8.37. The van der Waals surface area contributed by atoms with Crippen LogP contribution in [0.2, 0.25) is 0 Å². The summed E-state index contributed by atoms with van der Waals surface area (Å²) in [5.74, 6) is 1.59. The second-order valence-electron chi connectivity index (χ2n) is 7.08. The van der Waals surface area contributed by atoms with E-state index in [9.17, 15) is 14.9 Å². The number of aromatic nitrogens is 3. The maximum atomic E-state index is 12.8. The Balaban J connectivity index is 1.41. The molecule has 10 heteroatoms. The summed E-state index contributed by atoms with van der Waals surface area (Å²) in [5.41, 5.74) is 1.59. The monoisotopic (exact) mass is 408 g/mol. The molecule has 30 heavy (non-hydrogen) atoms. The van der Waals surface area contributed by atoms with Crippen LogP contribution < -0.4 is 4.90 Å². The smallest absolute Gasteiger partial charge is 0.273 e. The zero-order chi connectivity index (χ0) is 21.3. The zero-order valence-electron chi connectivity index (χ0n) is 16.6. The van der Waals surface area contributed by atoms with Crippen LogP contribution in [0.4, 0.5) is 11.5 Å². The van der Waals surface area contributed by atoms with Crippen molar-refractivity contribution in [1.29, 1.82) is 0 Å². The fraction of sp³-hybridized carbons (Fsp3) is 0.300. The van der Waals surface area contributed by atoms with Gasteiger partial charge in [-0.05, 0) is 25.1 Å². The third-order valence-corrected chi connectivity index (χ3v) is 5.08.